The molecular weight excluding hydrogens is 736 g/mol. The number of ether oxygens (including phenoxy) is 1. The van der Waals surface area contributed by atoms with Crippen LogP contribution in [0.1, 0.15) is 46.5 Å². The van der Waals surface area contributed by atoms with E-state index in [2.05, 4.69) is 36.8 Å². The fraction of sp³-hybridized carbons (Fsp3) is 0.361. The maximum absolute atomic E-state index is 12.3. The highest BCUT2D eigenvalue weighted by Crippen LogP contribution is 2.22. The van der Waals surface area contributed by atoms with Gasteiger partial charge in [-0.05, 0) is 88.6 Å². The summed E-state index contributed by atoms with van der Waals surface area (Å²) in [6, 6.07) is 11.1. The number of alkyl carbamates (subject to hydrolysis) is 1. The second-order valence-electron chi connectivity index (χ2n) is 13.2. The molecule has 0 radical (unpaired) electrons. The van der Waals surface area contributed by atoms with Crippen LogP contribution in [0.3, 0.4) is 0 Å². The molecule has 7 amide bonds. The Morgan fingerprint density at radius 1 is 0.714 bits per heavy atom. The first-order valence-corrected chi connectivity index (χ1v) is 17.1. The largest absolute Gasteiger partial charge is 0.481 e. The van der Waals surface area contributed by atoms with Gasteiger partial charge in [-0.15, -0.1) is 0 Å². The van der Waals surface area contributed by atoms with E-state index in [-0.39, 0.29) is 19.3 Å². The molecule has 1 aliphatic heterocycles. The van der Waals surface area contributed by atoms with Gasteiger partial charge >= 0.3 is 18.0 Å². The first-order chi connectivity index (χ1) is 26.4. The van der Waals surface area contributed by atoms with Gasteiger partial charge in [0.2, 0.25) is 23.6 Å². The molecule has 1 heterocycles. The van der Waals surface area contributed by atoms with Gasteiger partial charge in [0.15, 0.2) is 0 Å². The van der Waals surface area contributed by atoms with E-state index in [1.54, 1.807) is 69.3 Å². The van der Waals surface area contributed by atoms with Crippen LogP contribution in [0.5, 0.6) is 0 Å². The number of rotatable bonds is 19. The minimum absolute atomic E-state index is 0.0500. The number of nitrogens with zero attached hydrogens (tertiary/aromatic N) is 3. The minimum atomic E-state index is -1.53. The van der Waals surface area contributed by atoms with Crippen LogP contribution in [0.25, 0.3) is 0 Å². The van der Waals surface area contributed by atoms with Gasteiger partial charge < -0.3 is 41.5 Å². The van der Waals surface area contributed by atoms with Crippen LogP contribution in [0.15, 0.2) is 70.9 Å². The smallest absolute Gasteiger partial charge is 0.408 e. The lowest BCUT2D eigenvalue weighted by atomic mass is 9.94. The predicted molar refractivity (Wildman–Crippen MR) is 197 cm³/mol. The number of anilines is 2. The van der Waals surface area contributed by atoms with Crippen molar-refractivity contribution in [1.29, 1.82) is 0 Å². The Morgan fingerprint density at radius 3 is 1.71 bits per heavy atom. The van der Waals surface area contributed by atoms with Crippen molar-refractivity contribution in [2.24, 2.45) is 16.1 Å². The van der Waals surface area contributed by atoms with Gasteiger partial charge in [0.1, 0.15) is 18.2 Å². The van der Waals surface area contributed by atoms with E-state index in [4.69, 9.17) is 4.74 Å². The Morgan fingerprint density at radius 2 is 1.21 bits per heavy atom. The molecule has 1 aliphatic rings. The van der Waals surface area contributed by atoms with Gasteiger partial charge in [-0.25, -0.2) is 9.59 Å². The Balaban J connectivity index is 1.33. The Hall–Kier alpha value is -6.99. The third kappa shape index (κ3) is 15.5. The summed E-state index contributed by atoms with van der Waals surface area (Å²) in [5.41, 5.74) is 0.847. The van der Waals surface area contributed by atoms with Crippen molar-refractivity contribution < 1.29 is 58.1 Å². The van der Waals surface area contributed by atoms with Crippen LogP contribution >= 0.6 is 0 Å². The van der Waals surface area contributed by atoms with Gasteiger partial charge in [0, 0.05) is 29.9 Å². The van der Waals surface area contributed by atoms with Gasteiger partial charge in [0.05, 0.1) is 30.4 Å². The van der Waals surface area contributed by atoms with Crippen molar-refractivity contribution in [3.8, 4) is 0 Å². The fourth-order valence-electron chi connectivity index (χ4n) is 4.79. The summed E-state index contributed by atoms with van der Waals surface area (Å²) < 4.78 is 5.03. The number of hydrogen-bond acceptors (Lipinski definition) is 12. The summed E-state index contributed by atoms with van der Waals surface area (Å²) in [5, 5.41) is 39.3. The zero-order chi connectivity index (χ0) is 41.4. The number of nitrogens with one attached hydrogen (secondary N) is 5. The van der Waals surface area contributed by atoms with Crippen molar-refractivity contribution in [3.63, 3.8) is 0 Å². The molecule has 0 aliphatic carbocycles. The number of amides is 7. The number of aliphatic carboxylic acids is 2. The molecule has 2 aromatic rings. The number of imide groups is 1. The average molecular weight is 779 g/mol. The average Bonchev–Trinajstić information content (AvgIpc) is 3.43. The second kappa shape index (κ2) is 20.5. The molecule has 2 atom stereocenters. The number of azo groups is 1. The summed E-state index contributed by atoms with van der Waals surface area (Å²) in [7, 11) is 0. The van der Waals surface area contributed by atoms with Gasteiger partial charge in [-0.3, -0.25) is 38.5 Å². The summed E-state index contributed by atoms with van der Waals surface area (Å²) in [5.74, 6) is -7.39. The molecule has 1 unspecified atom stereocenters. The Kier molecular flexibility index (Phi) is 15.9. The first kappa shape index (κ1) is 43.4. The van der Waals surface area contributed by atoms with E-state index < -0.39 is 97.1 Å². The molecule has 2 aromatic carbocycles. The standard InChI is InChI=1S/C36H42N8O12/c1-36(2,3)56-35(55)41-26(34(53)54)17-21(33(51)52)5-4-6-27(45)37-18-28(46)38-19-29(47)39-22-7-11-24(12-8-22)42-43-25-13-9-23(10-14-25)40-30(48)20-44-31(49)15-16-32(44)50/h7-16,21,26H,4-6,17-20H2,1-3H3,(H,37,45)(H,38,46)(H,39,47)(H,40,48)(H,41,55)(H,51,52)(H,53,54)/t21?,26-/m1/s1. The van der Waals surface area contributed by atoms with Crippen LogP contribution in [-0.4, -0.2) is 99.9 Å². The number of benzene rings is 2. The molecule has 3 rings (SSSR count). The molecule has 0 fully saturated rings. The van der Waals surface area contributed by atoms with Crippen molar-refractivity contribution >= 4 is 76.2 Å². The highest BCUT2D eigenvalue weighted by Gasteiger charge is 2.30. The second-order valence-corrected chi connectivity index (χ2v) is 13.2. The molecule has 298 valence electrons. The van der Waals surface area contributed by atoms with E-state index in [1.165, 1.54) is 0 Å². The molecule has 20 nitrogen and oxygen atoms in total. The number of carbonyl (C=O) groups excluding carboxylic acids is 7. The van der Waals surface area contributed by atoms with E-state index in [0.717, 1.165) is 17.1 Å². The fourth-order valence-corrected chi connectivity index (χ4v) is 4.79. The van der Waals surface area contributed by atoms with Gasteiger partial charge in [-0.1, -0.05) is 0 Å². The summed E-state index contributed by atoms with van der Waals surface area (Å²) in [4.78, 5) is 108. The van der Waals surface area contributed by atoms with Crippen molar-refractivity contribution in [3.05, 3.63) is 60.7 Å². The summed E-state index contributed by atoms with van der Waals surface area (Å²) in [6.45, 7) is 3.48. The van der Waals surface area contributed by atoms with Crippen molar-refractivity contribution in [2.45, 2.75) is 58.1 Å². The Labute approximate surface area is 320 Å². The van der Waals surface area contributed by atoms with Crippen molar-refractivity contribution in [1.82, 2.24) is 20.9 Å². The zero-order valence-electron chi connectivity index (χ0n) is 30.7. The van der Waals surface area contributed by atoms with Crippen LogP contribution in [0, 0.1) is 5.92 Å². The monoisotopic (exact) mass is 778 g/mol. The third-order valence-corrected chi connectivity index (χ3v) is 7.49. The van der Waals surface area contributed by atoms with E-state index in [0.29, 0.717) is 22.7 Å². The van der Waals surface area contributed by atoms with Crippen LogP contribution in [0.4, 0.5) is 27.5 Å². The summed E-state index contributed by atoms with van der Waals surface area (Å²) >= 11 is 0. The number of hydrogen-bond donors (Lipinski definition) is 7. The van der Waals surface area contributed by atoms with Crippen LogP contribution < -0.4 is 26.6 Å². The molecule has 7 N–H and O–H groups in total. The number of carboxylic acid groups (broad SMARTS) is 2. The maximum Gasteiger partial charge on any atom is 0.408 e. The third-order valence-electron chi connectivity index (χ3n) is 7.49. The maximum atomic E-state index is 12.3. The lowest BCUT2D eigenvalue weighted by molar-refractivity contribution is -0.145. The first-order valence-electron chi connectivity index (χ1n) is 17.1. The van der Waals surface area contributed by atoms with Crippen LogP contribution in [-0.2, 0) is 43.1 Å². The predicted octanol–water partition coefficient (Wildman–Crippen LogP) is 2.38. The molecule has 0 saturated heterocycles. The van der Waals surface area contributed by atoms with Gasteiger partial charge in [0.25, 0.3) is 11.8 Å². The number of carboxylic acids is 2. The minimum Gasteiger partial charge on any atom is -0.481 e. The van der Waals surface area contributed by atoms with Crippen molar-refractivity contribution in [2.75, 3.05) is 30.3 Å². The SMILES string of the molecule is CC(C)(C)OC(=O)N[C@H](CC(CCCC(=O)NCC(=O)NCC(=O)Nc1ccc(N=Nc2ccc(NC(=O)CN3C(=O)C=CC3=O)cc2)cc1)C(=O)O)C(=O)O. The molecule has 56 heavy (non-hydrogen) atoms. The zero-order valence-corrected chi connectivity index (χ0v) is 30.7. The molecular formula is C36H42N8O12. The van der Waals surface area contributed by atoms with E-state index in [1.807, 2.05) is 0 Å². The van der Waals surface area contributed by atoms with E-state index >= 15 is 0 Å². The highest BCUT2D eigenvalue weighted by molar-refractivity contribution is 6.15. The Bertz CT molecular complexity index is 1850. The normalized spacial score (nSPS) is 13.4. The molecule has 0 saturated carbocycles. The topological polar surface area (TPSA) is 291 Å². The van der Waals surface area contributed by atoms with E-state index in [9.17, 15) is 53.4 Å². The molecule has 20 heteroatoms. The molecule has 0 spiro atoms. The molecule has 0 bridgehead atoms. The van der Waals surface area contributed by atoms with Crippen LogP contribution in [0.2, 0.25) is 0 Å². The number of carbonyl (C=O) groups is 9. The summed E-state index contributed by atoms with van der Waals surface area (Å²) in [6.07, 6.45) is 0.537. The molecule has 0 aromatic heterocycles. The lowest BCUT2D eigenvalue weighted by Crippen LogP contribution is -2.45. The quantitative estimate of drug-likeness (QED) is 0.0799. The highest BCUT2D eigenvalue weighted by atomic mass is 16.6. The van der Waals surface area contributed by atoms with Gasteiger partial charge in [-0.2, -0.15) is 10.2 Å². The lowest BCUT2D eigenvalue weighted by Gasteiger charge is -2.23.